The van der Waals surface area contributed by atoms with Crippen LogP contribution in [-0.4, -0.2) is 28.6 Å². The molecule has 2 aromatic carbocycles. The molecule has 0 fully saturated rings. The number of benzene rings is 2. The monoisotopic (exact) mass is 350 g/mol. The summed E-state index contributed by atoms with van der Waals surface area (Å²) >= 11 is 0. The minimum atomic E-state index is -0.576. The molecule has 0 radical (unpaired) electrons. The third-order valence-electron chi connectivity index (χ3n) is 4.14. The number of hydrogen-bond acceptors (Lipinski definition) is 5. The number of ketones is 1. The number of Topliss-reactive ketones (excluding diaryl/α,β-unsaturated/α-hetero) is 1. The molecule has 0 saturated heterocycles. The van der Waals surface area contributed by atoms with Gasteiger partial charge in [-0.05, 0) is 31.5 Å². The maximum Gasteiger partial charge on any atom is 0.312 e. The molecule has 1 N–H and O–H groups in total. The Kier molecular flexibility index (Phi) is 4.93. The van der Waals surface area contributed by atoms with Gasteiger partial charge in [0.2, 0.25) is 5.78 Å². The van der Waals surface area contributed by atoms with Crippen molar-refractivity contribution in [1.29, 1.82) is 0 Å². The lowest BCUT2D eigenvalue weighted by Gasteiger charge is -2.08. The standard InChI is InChI=1S/C20H18N2O4/c1-12-7-8-13(2)16(9-12)18(23)11-26-19(24)10-17-14-5-3-4-6-15(14)20(25)22-21-17/h3-9H,10-11H2,1-2H3,(H,22,25). The summed E-state index contributed by atoms with van der Waals surface area (Å²) in [6.45, 7) is 3.41. The zero-order valence-electron chi connectivity index (χ0n) is 14.5. The maximum atomic E-state index is 12.3. The molecule has 0 bridgehead atoms. The smallest absolute Gasteiger partial charge is 0.312 e. The first-order chi connectivity index (χ1) is 12.5. The predicted molar refractivity (Wildman–Crippen MR) is 97.3 cm³/mol. The van der Waals surface area contributed by atoms with Crippen LogP contribution in [0.25, 0.3) is 10.8 Å². The van der Waals surface area contributed by atoms with E-state index in [0.717, 1.165) is 11.1 Å². The van der Waals surface area contributed by atoms with Crippen molar-refractivity contribution in [2.24, 2.45) is 0 Å². The summed E-state index contributed by atoms with van der Waals surface area (Å²) in [4.78, 5) is 36.2. The van der Waals surface area contributed by atoms with Crippen LogP contribution >= 0.6 is 0 Å². The van der Waals surface area contributed by atoms with Crippen LogP contribution in [0, 0.1) is 13.8 Å². The van der Waals surface area contributed by atoms with E-state index in [0.29, 0.717) is 22.0 Å². The molecule has 6 heteroatoms. The number of carbonyl (C=O) groups is 2. The fourth-order valence-corrected chi connectivity index (χ4v) is 2.75. The molecule has 0 aliphatic heterocycles. The van der Waals surface area contributed by atoms with E-state index >= 15 is 0 Å². The van der Waals surface area contributed by atoms with Gasteiger partial charge in [0.15, 0.2) is 6.61 Å². The van der Waals surface area contributed by atoms with Crippen LogP contribution in [0.4, 0.5) is 0 Å². The Balaban J connectivity index is 1.70. The Labute approximate surface area is 149 Å². The zero-order chi connectivity index (χ0) is 18.7. The van der Waals surface area contributed by atoms with E-state index in [1.165, 1.54) is 0 Å². The van der Waals surface area contributed by atoms with Crippen molar-refractivity contribution in [1.82, 2.24) is 10.2 Å². The lowest BCUT2D eigenvalue weighted by Crippen LogP contribution is -2.18. The Bertz CT molecular complexity index is 1050. The number of carbonyl (C=O) groups excluding carboxylic acids is 2. The first-order valence-corrected chi connectivity index (χ1v) is 8.18. The van der Waals surface area contributed by atoms with Crippen molar-refractivity contribution in [3.05, 3.63) is 75.2 Å². The van der Waals surface area contributed by atoms with E-state index in [9.17, 15) is 14.4 Å². The molecule has 0 saturated carbocycles. The van der Waals surface area contributed by atoms with Crippen molar-refractivity contribution >= 4 is 22.5 Å². The van der Waals surface area contributed by atoms with E-state index < -0.39 is 5.97 Å². The number of aryl methyl sites for hydroxylation is 2. The summed E-state index contributed by atoms with van der Waals surface area (Å²) < 4.78 is 5.12. The van der Waals surface area contributed by atoms with Crippen LogP contribution in [0.15, 0.2) is 47.3 Å². The number of ether oxygens (including phenoxy) is 1. The van der Waals surface area contributed by atoms with Crippen LogP contribution < -0.4 is 5.56 Å². The average molecular weight is 350 g/mol. The minimum absolute atomic E-state index is 0.128. The van der Waals surface area contributed by atoms with Crippen molar-refractivity contribution in [3.8, 4) is 0 Å². The molecule has 26 heavy (non-hydrogen) atoms. The van der Waals surface area contributed by atoms with Crippen molar-refractivity contribution in [3.63, 3.8) is 0 Å². The summed E-state index contributed by atoms with van der Waals surface area (Å²) in [5.41, 5.74) is 2.44. The Morgan fingerprint density at radius 3 is 2.58 bits per heavy atom. The number of esters is 1. The normalized spacial score (nSPS) is 10.7. The average Bonchev–Trinajstić information content (AvgIpc) is 2.64. The second-order valence-electron chi connectivity index (χ2n) is 6.12. The summed E-state index contributed by atoms with van der Waals surface area (Å²) in [5.74, 6) is -0.827. The van der Waals surface area contributed by atoms with Crippen molar-refractivity contribution in [2.75, 3.05) is 6.61 Å². The number of aromatic amines is 1. The van der Waals surface area contributed by atoms with Crippen LogP contribution in [0.5, 0.6) is 0 Å². The third kappa shape index (κ3) is 3.69. The number of H-pyrrole nitrogens is 1. The van der Waals surface area contributed by atoms with Gasteiger partial charge >= 0.3 is 5.97 Å². The second-order valence-corrected chi connectivity index (χ2v) is 6.12. The van der Waals surface area contributed by atoms with E-state index in [-0.39, 0.29) is 24.4 Å². The van der Waals surface area contributed by atoms with Gasteiger partial charge in [0.1, 0.15) is 0 Å². The molecule has 0 amide bonds. The van der Waals surface area contributed by atoms with Crippen LogP contribution in [0.1, 0.15) is 27.2 Å². The van der Waals surface area contributed by atoms with E-state index in [1.807, 2.05) is 26.0 Å². The Morgan fingerprint density at radius 1 is 1.08 bits per heavy atom. The van der Waals surface area contributed by atoms with Crippen LogP contribution in [-0.2, 0) is 16.0 Å². The van der Waals surface area contributed by atoms with Gasteiger partial charge in [0, 0.05) is 10.9 Å². The molecule has 0 aliphatic rings. The van der Waals surface area contributed by atoms with Gasteiger partial charge in [0.25, 0.3) is 5.56 Å². The first kappa shape index (κ1) is 17.5. The number of fused-ring (bicyclic) bond motifs is 1. The number of nitrogens with zero attached hydrogens (tertiary/aromatic N) is 1. The van der Waals surface area contributed by atoms with Gasteiger partial charge in [-0.1, -0.05) is 35.9 Å². The first-order valence-electron chi connectivity index (χ1n) is 8.18. The maximum absolute atomic E-state index is 12.3. The Morgan fingerprint density at radius 2 is 1.81 bits per heavy atom. The molecule has 0 atom stereocenters. The molecule has 1 heterocycles. The van der Waals surface area contributed by atoms with Crippen molar-refractivity contribution in [2.45, 2.75) is 20.3 Å². The lowest BCUT2D eigenvalue weighted by atomic mass is 10.0. The molecule has 1 aromatic heterocycles. The molecule has 132 valence electrons. The van der Waals surface area contributed by atoms with Gasteiger partial charge in [-0.25, -0.2) is 5.10 Å². The predicted octanol–water partition coefficient (Wildman–Crippen LogP) is 2.51. The number of hydrogen-bond donors (Lipinski definition) is 1. The van der Waals surface area contributed by atoms with Gasteiger partial charge in [-0.3, -0.25) is 14.4 Å². The van der Waals surface area contributed by atoms with Gasteiger partial charge in [0.05, 0.1) is 17.5 Å². The fraction of sp³-hybridized carbons (Fsp3) is 0.200. The quantitative estimate of drug-likeness (QED) is 0.564. The van der Waals surface area contributed by atoms with E-state index in [1.54, 1.807) is 30.3 Å². The Hall–Kier alpha value is -3.28. The highest BCUT2D eigenvalue weighted by molar-refractivity contribution is 5.99. The lowest BCUT2D eigenvalue weighted by molar-refractivity contribution is -0.141. The van der Waals surface area contributed by atoms with E-state index in [4.69, 9.17) is 4.74 Å². The molecule has 0 aliphatic carbocycles. The molecule has 3 rings (SSSR count). The number of rotatable bonds is 5. The minimum Gasteiger partial charge on any atom is -0.457 e. The largest absolute Gasteiger partial charge is 0.457 e. The topological polar surface area (TPSA) is 89.1 Å². The summed E-state index contributed by atoms with van der Waals surface area (Å²) in [5, 5.41) is 7.35. The van der Waals surface area contributed by atoms with E-state index in [2.05, 4.69) is 10.2 Å². The highest BCUT2D eigenvalue weighted by Crippen LogP contribution is 2.14. The zero-order valence-corrected chi connectivity index (χ0v) is 14.5. The number of nitrogens with one attached hydrogen (secondary N) is 1. The molecular weight excluding hydrogens is 332 g/mol. The third-order valence-corrected chi connectivity index (χ3v) is 4.14. The highest BCUT2D eigenvalue weighted by Gasteiger charge is 2.15. The second kappa shape index (κ2) is 7.31. The highest BCUT2D eigenvalue weighted by atomic mass is 16.5. The molecule has 0 spiro atoms. The summed E-state index contributed by atoms with van der Waals surface area (Å²) in [7, 11) is 0. The SMILES string of the molecule is Cc1ccc(C)c(C(=O)COC(=O)Cc2n[nH]c(=O)c3ccccc23)c1. The summed E-state index contributed by atoms with van der Waals surface area (Å²) in [6.07, 6.45) is -0.128. The van der Waals surface area contributed by atoms with Crippen molar-refractivity contribution < 1.29 is 14.3 Å². The van der Waals surface area contributed by atoms with Gasteiger partial charge < -0.3 is 4.74 Å². The molecular formula is C20H18N2O4. The van der Waals surface area contributed by atoms with Gasteiger partial charge in [-0.15, -0.1) is 0 Å². The molecule has 6 nitrogen and oxygen atoms in total. The number of aromatic nitrogens is 2. The van der Waals surface area contributed by atoms with Crippen LogP contribution in [0.2, 0.25) is 0 Å². The van der Waals surface area contributed by atoms with Crippen LogP contribution in [0.3, 0.4) is 0 Å². The molecule has 3 aromatic rings. The summed E-state index contributed by atoms with van der Waals surface area (Å²) in [6, 6.07) is 12.5. The molecule has 0 unspecified atom stereocenters. The fourth-order valence-electron chi connectivity index (χ4n) is 2.75. The van der Waals surface area contributed by atoms with Gasteiger partial charge in [-0.2, -0.15) is 5.10 Å².